The van der Waals surface area contributed by atoms with Crippen LogP contribution in [0.4, 0.5) is 5.69 Å². The third-order valence-electron chi connectivity index (χ3n) is 3.89. The lowest BCUT2D eigenvalue weighted by Crippen LogP contribution is -2.42. The molecule has 5 nitrogen and oxygen atoms in total. The average molecular weight is 312 g/mol. The number of benzene rings is 1. The van der Waals surface area contributed by atoms with Crippen LogP contribution in [0.2, 0.25) is 0 Å². The Morgan fingerprint density at radius 3 is 2.62 bits per heavy atom. The molecule has 0 spiro atoms. The fourth-order valence-corrected chi connectivity index (χ4v) is 3.32. The van der Waals surface area contributed by atoms with Gasteiger partial charge in [-0.25, -0.2) is 0 Å². The summed E-state index contributed by atoms with van der Waals surface area (Å²) in [7, 11) is -4.12. The topological polar surface area (TPSA) is 69.6 Å². The molecule has 0 bridgehead atoms. The molecule has 0 radical (unpaired) electrons. The molecule has 1 fully saturated rings. The van der Waals surface area contributed by atoms with E-state index in [1.807, 2.05) is 0 Å². The maximum absolute atomic E-state index is 11.1. The maximum Gasteiger partial charge on any atom is 0.294 e. The van der Waals surface area contributed by atoms with Crippen molar-refractivity contribution in [1.29, 1.82) is 0 Å². The predicted molar refractivity (Wildman–Crippen MR) is 84.4 cm³/mol. The fourth-order valence-electron chi connectivity index (χ4n) is 2.84. The predicted octanol–water partition coefficient (Wildman–Crippen LogP) is 2.29. The summed E-state index contributed by atoms with van der Waals surface area (Å²) in [6.07, 6.45) is 4.60. The van der Waals surface area contributed by atoms with Crippen molar-refractivity contribution in [2.75, 3.05) is 24.5 Å². The minimum atomic E-state index is -4.12. The summed E-state index contributed by atoms with van der Waals surface area (Å²) >= 11 is 0. The normalized spacial score (nSPS) is 20.0. The smallest absolute Gasteiger partial charge is 0.294 e. The van der Waals surface area contributed by atoms with Crippen LogP contribution in [0, 0.1) is 0 Å². The van der Waals surface area contributed by atoms with Gasteiger partial charge in [0, 0.05) is 24.8 Å². The first-order valence-electron chi connectivity index (χ1n) is 7.57. The zero-order valence-corrected chi connectivity index (χ0v) is 13.3. The van der Waals surface area contributed by atoms with Gasteiger partial charge in [0.25, 0.3) is 10.1 Å². The lowest BCUT2D eigenvalue weighted by molar-refractivity contribution is 0.483. The van der Waals surface area contributed by atoms with E-state index in [2.05, 4.69) is 17.1 Å². The van der Waals surface area contributed by atoms with Crippen molar-refractivity contribution in [2.24, 2.45) is 0 Å². The number of anilines is 1. The third kappa shape index (κ3) is 4.43. The van der Waals surface area contributed by atoms with Crippen molar-refractivity contribution in [3.05, 3.63) is 24.3 Å². The molecule has 0 amide bonds. The van der Waals surface area contributed by atoms with Crippen molar-refractivity contribution < 1.29 is 13.0 Å². The second-order valence-corrected chi connectivity index (χ2v) is 6.94. The standard InChI is InChI=1S/C15H24N2O3S/c1-2-11-17(14-5-3-4-10-16-12-14)13-6-8-15(9-7-13)21(18,19)20/h6-9,14,16H,2-5,10-12H2,1H3,(H,18,19,20). The minimum Gasteiger partial charge on any atom is -0.367 e. The van der Waals surface area contributed by atoms with Crippen LogP contribution in [-0.4, -0.2) is 38.6 Å². The molecular weight excluding hydrogens is 288 g/mol. The van der Waals surface area contributed by atoms with Gasteiger partial charge in [0.1, 0.15) is 0 Å². The summed E-state index contributed by atoms with van der Waals surface area (Å²) in [6, 6.07) is 6.94. The molecule has 21 heavy (non-hydrogen) atoms. The molecule has 1 aromatic carbocycles. The van der Waals surface area contributed by atoms with Crippen LogP contribution in [0.1, 0.15) is 32.6 Å². The average Bonchev–Trinajstić information content (AvgIpc) is 2.73. The van der Waals surface area contributed by atoms with E-state index in [9.17, 15) is 8.42 Å². The highest BCUT2D eigenvalue weighted by Gasteiger charge is 2.20. The van der Waals surface area contributed by atoms with Crippen molar-refractivity contribution in [2.45, 2.75) is 43.5 Å². The Morgan fingerprint density at radius 2 is 2.00 bits per heavy atom. The first-order valence-corrected chi connectivity index (χ1v) is 9.01. The van der Waals surface area contributed by atoms with E-state index < -0.39 is 10.1 Å². The summed E-state index contributed by atoms with van der Waals surface area (Å²) in [5.74, 6) is 0. The van der Waals surface area contributed by atoms with Crippen molar-refractivity contribution in [3.63, 3.8) is 0 Å². The number of nitrogens with one attached hydrogen (secondary N) is 1. The molecule has 0 aliphatic carbocycles. The molecule has 1 atom stereocenters. The van der Waals surface area contributed by atoms with Crippen LogP contribution in [0.15, 0.2) is 29.2 Å². The zero-order valence-electron chi connectivity index (χ0n) is 12.5. The van der Waals surface area contributed by atoms with Gasteiger partial charge in [0.2, 0.25) is 0 Å². The molecule has 1 heterocycles. The fraction of sp³-hybridized carbons (Fsp3) is 0.600. The number of nitrogens with zero attached hydrogens (tertiary/aromatic N) is 1. The molecule has 1 unspecified atom stereocenters. The Kier molecular flexibility index (Phi) is 5.61. The molecule has 2 N–H and O–H groups in total. The Morgan fingerprint density at radius 1 is 1.29 bits per heavy atom. The van der Waals surface area contributed by atoms with Crippen LogP contribution in [0.3, 0.4) is 0 Å². The molecule has 1 saturated heterocycles. The molecule has 1 aromatic rings. The lowest BCUT2D eigenvalue weighted by Gasteiger charge is -2.33. The Labute approximate surface area is 127 Å². The van der Waals surface area contributed by atoms with Gasteiger partial charge in [-0.2, -0.15) is 8.42 Å². The SMILES string of the molecule is CCCN(c1ccc(S(=O)(=O)O)cc1)C1CCCCNC1. The van der Waals surface area contributed by atoms with Crippen molar-refractivity contribution >= 4 is 15.8 Å². The molecule has 1 aliphatic rings. The van der Waals surface area contributed by atoms with E-state index >= 15 is 0 Å². The van der Waals surface area contributed by atoms with Gasteiger partial charge in [0.05, 0.1) is 4.90 Å². The van der Waals surface area contributed by atoms with Gasteiger partial charge in [-0.3, -0.25) is 4.55 Å². The number of hydrogen-bond donors (Lipinski definition) is 2. The van der Waals surface area contributed by atoms with E-state index in [0.29, 0.717) is 6.04 Å². The minimum absolute atomic E-state index is 0.0540. The van der Waals surface area contributed by atoms with Crippen molar-refractivity contribution in [1.82, 2.24) is 5.32 Å². The third-order valence-corrected chi connectivity index (χ3v) is 4.76. The first kappa shape index (κ1) is 16.3. The molecule has 6 heteroatoms. The van der Waals surface area contributed by atoms with Crippen LogP contribution < -0.4 is 10.2 Å². The van der Waals surface area contributed by atoms with Gasteiger partial charge >= 0.3 is 0 Å². The van der Waals surface area contributed by atoms with Crippen molar-refractivity contribution in [3.8, 4) is 0 Å². The second-order valence-electron chi connectivity index (χ2n) is 5.52. The molecule has 1 aliphatic heterocycles. The van der Waals surface area contributed by atoms with Crippen LogP contribution in [0.25, 0.3) is 0 Å². The van der Waals surface area contributed by atoms with Crippen LogP contribution in [0.5, 0.6) is 0 Å². The van der Waals surface area contributed by atoms with Gasteiger partial charge in [-0.1, -0.05) is 13.3 Å². The van der Waals surface area contributed by atoms with Gasteiger partial charge < -0.3 is 10.2 Å². The van der Waals surface area contributed by atoms with E-state index in [0.717, 1.165) is 38.2 Å². The summed E-state index contributed by atoms with van der Waals surface area (Å²) in [5, 5.41) is 3.46. The molecule has 0 saturated carbocycles. The number of rotatable bonds is 5. The quantitative estimate of drug-likeness (QED) is 0.816. The monoisotopic (exact) mass is 312 g/mol. The molecular formula is C15H24N2O3S. The second kappa shape index (κ2) is 7.24. The largest absolute Gasteiger partial charge is 0.367 e. The molecule has 0 aromatic heterocycles. The Balaban J connectivity index is 2.20. The van der Waals surface area contributed by atoms with E-state index in [1.165, 1.54) is 25.0 Å². The Bertz CT molecular complexity index is 535. The van der Waals surface area contributed by atoms with Gasteiger partial charge in [-0.15, -0.1) is 0 Å². The van der Waals surface area contributed by atoms with Crippen LogP contribution in [-0.2, 0) is 10.1 Å². The Hall–Kier alpha value is -1.11. The summed E-state index contributed by atoms with van der Waals surface area (Å²) in [5.41, 5.74) is 1.01. The summed E-state index contributed by atoms with van der Waals surface area (Å²) < 4.78 is 31.3. The van der Waals surface area contributed by atoms with E-state index in [-0.39, 0.29) is 4.90 Å². The highest BCUT2D eigenvalue weighted by molar-refractivity contribution is 7.85. The highest BCUT2D eigenvalue weighted by Crippen LogP contribution is 2.23. The van der Waals surface area contributed by atoms with Gasteiger partial charge in [-0.05, 0) is 50.1 Å². The summed E-state index contributed by atoms with van der Waals surface area (Å²) in [6.45, 7) is 5.11. The zero-order chi connectivity index (χ0) is 15.3. The molecule has 118 valence electrons. The lowest BCUT2D eigenvalue weighted by atomic mass is 10.1. The highest BCUT2D eigenvalue weighted by atomic mass is 32.2. The first-order chi connectivity index (χ1) is 10.0. The van der Waals surface area contributed by atoms with Gasteiger partial charge in [0.15, 0.2) is 0 Å². The molecule has 2 rings (SSSR count). The maximum atomic E-state index is 11.1. The van der Waals surface area contributed by atoms with Crippen LogP contribution >= 0.6 is 0 Å². The summed E-state index contributed by atoms with van der Waals surface area (Å²) in [4.78, 5) is 2.29. The van der Waals surface area contributed by atoms with E-state index in [4.69, 9.17) is 4.55 Å². The van der Waals surface area contributed by atoms with E-state index in [1.54, 1.807) is 12.1 Å². The number of hydrogen-bond acceptors (Lipinski definition) is 4.